The first-order chi connectivity index (χ1) is 7.54. The molecule has 90 valence electrons. The maximum Gasteiger partial charge on any atom is 0.133 e. The van der Waals surface area contributed by atoms with Crippen LogP contribution in [0.15, 0.2) is 22.7 Å². The van der Waals surface area contributed by atoms with Crippen molar-refractivity contribution in [2.75, 3.05) is 6.54 Å². The lowest BCUT2D eigenvalue weighted by Gasteiger charge is -2.16. The summed E-state index contributed by atoms with van der Waals surface area (Å²) in [7, 11) is 0. The minimum absolute atomic E-state index is 0.202. The Hall–Kier alpha value is -0.540. The van der Waals surface area contributed by atoms with Gasteiger partial charge in [-0.25, -0.2) is 0 Å². The highest BCUT2D eigenvalue weighted by molar-refractivity contribution is 9.10. The summed E-state index contributed by atoms with van der Waals surface area (Å²) in [6.07, 6.45) is 0.202. The molecule has 0 saturated heterocycles. The molecule has 0 spiro atoms. The van der Waals surface area contributed by atoms with E-state index >= 15 is 0 Å². The van der Waals surface area contributed by atoms with Crippen LogP contribution in [0.4, 0.5) is 0 Å². The third-order valence-corrected chi connectivity index (χ3v) is 2.95. The first kappa shape index (κ1) is 13.5. The molecule has 0 fully saturated rings. The van der Waals surface area contributed by atoms with Crippen LogP contribution in [-0.4, -0.2) is 12.6 Å². The van der Waals surface area contributed by atoms with Crippen molar-refractivity contribution in [2.45, 2.75) is 39.8 Å². The highest BCUT2D eigenvalue weighted by Crippen LogP contribution is 2.29. The van der Waals surface area contributed by atoms with Crippen LogP contribution in [0.25, 0.3) is 0 Å². The number of benzene rings is 1. The van der Waals surface area contributed by atoms with E-state index in [9.17, 15) is 0 Å². The Labute approximate surface area is 107 Å². The Kier molecular flexibility index (Phi) is 5.29. The molecule has 1 rings (SSSR count). The third kappa shape index (κ3) is 3.80. The van der Waals surface area contributed by atoms with Gasteiger partial charge in [0.05, 0.1) is 10.6 Å². The van der Waals surface area contributed by atoms with E-state index < -0.39 is 0 Å². The van der Waals surface area contributed by atoms with E-state index in [1.807, 2.05) is 19.9 Å². The number of ether oxygens (including phenoxy) is 1. The highest BCUT2D eigenvalue weighted by Gasteiger charge is 2.08. The van der Waals surface area contributed by atoms with Crippen LogP contribution in [-0.2, 0) is 0 Å². The highest BCUT2D eigenvalue weighted by atomic mass is 79.9. The molecule has 0 amide bonds. The Morgan fingerprint density at radius 3 is 2.50 bits per heavy atom. The van der Waals surface area contributed by atoms with E-state index in [0.717, 1.165) is 16.8 Å². The second kappa shape index (κ2) is 6.26. The van der Waals surface area contributed by atoms with Gasteiger partial charge < -0.3 is 10.1 Å². The van der Waals surface area contributed by atoms with Crippen molar-refractivity contribution in [2.24, 2.45) is 0 Å². The smallest absolute Gasteiger partial charge is 0.133 e. The van der Waals surface area contributed by atoms with Crippen molar-refractivity contribution >= 4 is 15.9 Å². The average molecular weight is 286 g/mol. The number of halogens is 1. The Balaban J connectivity index is 2.82. The van der Waals surface area contributed by atoms with E-state index in [1.54, 1.807) is 0 Å². The maximum absolute atomic E-state index is 5.67. The molecule has 2 nitrogen and oxygen atoms in total. The van der Waals surface area contributed by atoms with Gasteiger partial charge >= 0.3 is 0 Å². The molecular formula is C13H20BrNO. The van der Waals surface area contributed by atoms with Crippen molar-refractivity contribution in [3.05, 3.63) is 28.2 Å². The summed E-state index contributed by atoms with van der Waals surface area (Å²) in [5.74, 6) is 0.905. The largest absolute Gasteiger partial charge is 0.490 e. The molecule has 0 heterocycles. The van der Waals surface area contributed by atoms with E-state index in [4.69, 9.17) is 4.74 Å². The van der Waals surface area contributed by atoms with E-state index in [2.05, 4.69) is 47.2 Å². The molecule has 0 aliphatic carbocycles. The van der Waals surface area contributed by atoms with Crippen LogP contribution in [0, 0.1) is 0 Å². The molecule has 1 N–H and O–H groups in total. The van der Waals surface area contributed by atoms with Gasteiger partial charge in [-0.1, -0.05) is 13.0 Å². The Morgan fingerprint density at radius 2 is 2.00 bits per heavy atom. The summed E-state index contributed by atoms with van der Waals surface area (Å²) >= 11 is 3.54. The average Bonchev–Trinajstić information content (AvgIpc) is 2.20. The molecule has 0 radical (unpaired) electrons. The van der Waals surface area contributed by atoms with Crippen molar-refractivity contribution in [1.82, 2.24) is 5.32 Å². The fourth-order valence-electron chi connectivity index (χ4n) is 1.56. The molecule has 16 heavy (non-hydrogen) atoms. The lowest BCUT2D eigenvalue weighted by Crippen LogP contribution is -2.17. The standard InChI is InChI=1S/C13H20BrNO/c1-5-15-10(4)11-6-7-13(12(14)8-11)16-9(2)3/h6-10,15H,5H2,1-4H3. The minimum atomic E-state index is 0.202. The number of hydrogen-bond acceptors (Lipinski definition) is 2. The monoisotopic (exact) mass is 285 g/mol. The van der Waals surface area contributed by atoms with Crippen molar-refractivity contribution in [3.63, 3.8) is 0 Å². The summed E-state index contributed by atoms with van der Waals surface area (Å²) in [5, 5.41) is 3.39. The number of rotatable bonds is 5. The molecule has 0 aromatic heterocycles. The van der Waals surface area contributed by atoms with Gasteiger partial charge in [-0.15, -0.1) is 0 Å². The second-order valence-electron chi connectivity index (χ2n) is 4.14. The lowest BCUT2D eigenvalue weighted by atomic mass is 10.1. The number of nitrogens with one attached hydrogen (secondary N) is 1. The summed E-state index contributed by atoms with van der Waals surface area (Å²) in [6, 6.07) is 6.61. The van der Waals surface area contributed by atoms with Crippen molar-refractivity contribution < 1.29 is 4.74 Å². The molecule has 0 saturated carbocycles. The molecule has 1 aromatic carbocycles. The van der Waals surface area contributed by atoms with Gasteiger partial charge in [0, 0.05) is 6.04 Å². The SMILES string of the molecule is CCNC(C)c1ccc(OC(C)C)c(Br)c1. The minimum Gasteiger partial charge on any atom is -0.490 e. The van der Waals surface area contributed by atoms with Crippen LogP contribution >= 0.6 is 15.9 Å². The van der Waals surface area contributed by atoms with E-state index in [1.165, 1.54) is 5.56 Å². The molecule has 1 atom stereocenters. The van der Waals surface area contributed by atoms with Gasteiger partial charge in [0.15, 0.2) is 0 Å². The fourth-order valence-corrected chi connectivity index (χ4v) is 2.05. The van der Waals surface area contributed by atoms with E-state index in [-0.39, 0.29) is 6.10 Å². The third-order valence-electron chi connectivity index (χ3n) is 2.33. The Bertz CT molecular complexity index is 339. The normalized spacial score (nSPS) is 12.9. The number of hydrogen-bond donors (Lipinski definition) is 1. The van der Waals surface area contributed by atoms with Gasteiger partial charge in [0.2, 0.25) is 0 Å². The first-order valence-electron chi connectivity index (χ1n) is 5.74. The fraction of sp³-hybridized carbons (Fsp3) is 0.538. The zero-order valence-electron chi connectivity index (χ0n) is 10.4. The van der Waals surface area contributed by atoms with Gasteiger partial charge in [-0.3, -0.25) is 0 Å². The molecule has 3 heteroatoms. The lowest BCUT2D eigenvalue weighted by molar-refractivity contribution is 0.240. The summed E-state index contributed by atoms with van der Waals surface area (Å²) in [6.45, 7) is 9.31. The first-order valence-corrected chi connectivity index (χ1v) is 6.53. The zero-order chi connectivity index (χ0) is 12.1. The van der Waals surface area contributed by atoms with Crippen molar-refractivity contribution in [3.8, 4) is 5.75 Å². The van der Waals surface area contributed by atoms with Gasteiger partial charge in [-0.05, 0) is 60.9 Å². The van der Waals surface area contributed by atoms with Crippen LogP contribution < -0.4 is 10.1 Å². The van der Waals surface area contributed by atoms with Crippen LogP contribution in [0.1, 0.15) is 39.3 Å². The zero-order valence-corrected chi connectivity index (χ0v) is 12.0. The summed E-state index contributed by atoms with van der Waals surface area (Å²) in [4.78, 5) is 0. The Morgan fingerprint density at radius 1 is 1.31 bits per heavy atom. The maximum atomic E-state index is 5.67. The molecule has 0 aliphatic heterocycles. The van der Waals surface area contributed by atoms with Gasteiger partial charge in [0.25, 0.3) is 0 Å². The molecule has 1 aromatic rings. The predicted molar refractivity (Wildman–Crippen MR) is 72.0 cm³/mol. The molecule has 0 aliphatic rings. The van der Waals surface area contributed by atoms with Crippen LogP contribution in [0.5, 0.6) is 5.75 Å². The quantitative estimate of drug-likeness (QED) is 0.886. The summed E-state index contributed by atoms with van der Waals surface area (Å²) in [5.41, 5.74) is 1.27. The molecule has 0 bridgehead atoms. The van der Waals surface area contributed by atoms with E-state index in [0.29, 0.717) is 6.04 Å². The van der Waals surface area contributed by atoms with Crippen LogP contribution in [0.2, 0.25) is 0 Å². The van der Waals surface area contributed by atoms with Gasteiger partial charge in [0.1, 0.15) is 5.75 Å². The topological polar surface area (TPSA) is 21.3 Å². The van der Waals surface area contributed by atoms with Gasteiger partial charge in [-0.2, -0.15) is 0 Å². The second-order valence-corrected chi connectivity index (χ2v) is 4.99. The predicted octanol–water partition coefficient (Wildman–Crippen LogP) is 3.91. The van der Waals surface area contributed by atoms with Crippen molar-refractivity contribution in [1.29, 1.82) is 0 Å². The molecule has 1 unspecified atom stereocenters. The van der Waals surface area contributed by atoms with Crippen LogP contribution in [0.3, 0.4) is 0 Å². The summed E-state index contributed by atoms with van der Waals surface area (Å²) < 4.78 is 6.69. The molecular weight excluding hydrogens is 266 g/mol.